The molecular weight excluding hydrogens is 544 g/mol. The van der Waals surface area contributed by atoms with Crippen LogP contribution in [-0.4, -0.2) is 115 Å². The smallest absolute Gasteiger partial charge is 0.200 e. The molecule has 0 amide bonds. The lowest BCUT2D eigenvalue weighted by atomic mass is 9.83. The quantitative estimate of drug-likeness (QED) is 0.156. The Bertz CT molecular complexity index is 1070. The molecule has 7 atom stereocenters. The van der Waals surface area contributed by atoms with Gasteiger partial charge in [0, 0.05) is 6.61 Å². The van der Waals surface area contributed by atoms with Crippen molar-refractivity contribution in [3.05, 3.63) is 35.4 Å². The first-order valence-corrected chi connectivity index (χ1v) is 13.0. The van der Waals surface area contributed by atoms with E-state index in [2.05, 4.69) is 0 Å². The number of hydrogen-bond acceptors (Lipinski definition) is 13. The van der Waals surface area contributed by atoms with Crippen molar-refractivity contribution in [1.29, 1.82) is 0 Å². The van der Waals surface area contributed by atoms with Gasteiger partial charge in [0.25, 0.3) is 0 Å². The number of hydrogen-bond donors (Lipinski definition) is 7. The van der Waals surface area contributed by atoms with E-state index in [0.717, 1.165) is 0 Å². The third-order valence-electron chi connectivity index (χ3n) is 7.30. The average molecular weight is 585 g/mol. The van der Waals surface area contributed by atoms with Crippen LogP contribution in [0.5, 0.6) is 34.5 Å². The second-order valence-electron chi connectivity index (χ2n) is 9.84. The summed E-state index contributed by atoms with van der Waals surface area (Å²) < 4.78 is 32.5. The van der Waals surface area contributed by atoms with E-state index < -0.39 is 49.1 Å². The predicted octanol–water partition coefficient (Wildman–Crippen LogP) is -0.0414. The zero-order valence-electron chi connectivity index (χ0n) is 23.5. The van der Waals surface area contributed by atoms with Gasteiger partial charge < -0.3 is 64.2 Å². The molecule has 5 unspecified atom stereocenters. The maximum Gasteiger partial charge on any atom is 0.200 e. The predicted molar refractivity (Wildman–Crippen MR) is 144 cm³/mol. The van der Waals surface area contributed by atoms with Gasteiger partial charge in [-0.3, -0.25) is 0 Å². The Morgan fingerprint density at radius 1 is 0.683 bits per heavy atom. The Balaban J connectivity index is 1.93. The SMILES string of the molecule is COc1cc(CC(CO)C(CO[C@@H]2OC(CO)[C@@H](O)C(O)C2O)Cc2cc(OC)c(O)c(OC)c2)cc(OC)c1O. The molecule has 1 saturated heterocycles. The van der Waals surface area contributed by atoms with Gasteiger partial charge in [0.1, 0.15) is 24.4 Å². The van der Waals surface area contributed by atoms with Gasteiger partial charge in [-0.1, -0.05) is 0 Å². The van der Waals surface area contributed by atoms with Crippen LogP contribution in [0.4, 0.5) is 0 Å². The van der Waals surface area contributed by atoms with Gasteiger partial charge >= 0.3 is 0 Å². The summed E-state index contributed by atoms with van der Waals surface area (Å²) in [4.78, 5) is 0. The van der Waals surface area contributed by atoms with E-state index in [1.807, 2.05) is 0 Å². The van der Waals surface area contributed by atoms with Gasteiger partial charge in [-0.15, -0.1) is 0 Å². The minimum Gasteiger partial charge on any atom is -0.502 e. The number of aromatic hydroxyl groups is 2. The molecule has 0 aliphatic carbocycles. The first-order valence-electron chi connectivity index (χ1n) is 13.0. The number of ether oxygens (including phenoxy) is 6. The van der Waals surface area contributed by atoms with Crippen LogP contribution in [0, 0.1) is 11.8 Å². The molecule has 13 nitrogen and oxygen atoms in total. The third-order valence-corrected chi connectivity index (χ3v) is 7.30. The van der Waals surface area contributed by atoms with E-state index in [9.17, 15) is 35.7 Å². The standard InChI is InChI=1S/C28H40O13/c1-36-18-7-14(8-19(37-2)23(18)31)5-16(11-29)17(6-15-9-20(38-3)24(32)21(10-15)39-4)13-40-28-27(35)26(34)25(33)22(12-30)41-28/h7-10,16-17,22,25-35H,5-6,11-13H2,1-4H3/t16?,17?,22?,25-,26?,27?,28-/m1/s1. The van der Waals surface area contributed by atoms with Gasteiger partial charge in [-0.25, -0.2) is 0 Å². The number of aliphatic hydroxyl groups excluding tert-OH is 5. The molecule has 1 heterocycles. The molecule has 7 N–H and O–H groups in total. The van der Waals surface area contributed by atoms with Gasteiger partial charge in [-0.2, -0.15) is 0 Å². The highest BCUT2D eigenvalue weighted by Crippen LogP contribution is 2.40. The molecule has 0 bridgehead atoms. The molecule has 2 aromatic rings. The average Bonchev–Trinajstić information content (AvgIpc) is 2.98. The fourth-order valence-electron chi connectivity index (χ4n) is 4.90. The number of phenols is 2. The van der Waals surface area contributed by atoms with Crippen molar-refractivity contribution in [2.24, 2.45) is 11.8 Å². The topological polar surface area (TPSA) is 197 Å². The summed E-state index contributed by atoms with van der Waals surface area (Å²) in [6, 6.07) is 6.50. The summed E-state index contributed by atoms with van der Waals surface area (Å²) in [7, 11) is 5.62. The zero-order chi connectivity index (χ0) is 30.3. The molecule has 2 aromatic carbocycles. The molecule has 0 spiro atoms. The lowest BCUT2D eigenvalue weighted by Gasteiger charge is -2.40. The van der Waals surface area contributed by atoms with E-state index >= 15 is 0 Å². The second kappa shape index (κ2) is 14.7. The fraction of sp³-hybridized carbons (Fsp3) is 0.571. The Labute approximate surface area is 238 Å². The van der Waals surface area contributed by atoms with Crippen LogP contribution in [0.25, 0.3) is 0 Å². The van der Waals surface area contributed by atoms with Crippen molar-refractivity contribution in [3.8, 4) is 34.5 Å². The van der Waals surface area contributed by atoms with Crippen molar-refractivity contribution in [3.63, 3.8) is 0 Å². The van der Waals surface area contributed by atoms with Gasteiger partial charge in [0.05, 0.1) is 41.7 Å². The molecule has 3 rings (SSSR count). The largest absolute Gasteiger partial charge is 0.502 e. The highest BCUT2D eigenvalue weighted by atomic mass is 16.7. The van der Waals surface area contributed by atoms with Crippen molar-refractivity contribution in [2.45, 2.75) is 43.5 Å². The Morgan fingerprint density at radius 3 is 1.51 bits per heavy atom. The zero-order valence-corrected chi connectivity index (χ0v) is 23.5. The number of methoxy groups -OCH3 is 4. The minimum atomic E-state index is -1.61. The molecular formula is C28H40O13. The molecule has 230 valence electrons. The first-order chi connectivity index (χ1) is 19.6. The summed E-state index contributed by atoms with van der Waals surface area (Å²) in [5, 5.41) is 71.4. The molecule has 0 saturated carbocycles. The molecule has 41 heavy (non-hydrogen) atoms. The maximum atomic E-state index is 10.5. The van der Waals surface area contributed by atoms with Gasteiger partial charge in [0.15, 0.2) is 29.3 Å². The van der Waals surface area contributed by atoms with Crippen molar-refractivity contribution in [2.75, 3.05) is 48.3 Å². The third kappa shape index (κ3) is 7.43. The summed E-state index contributed by atoms with van der Waals surface area (Å²) in [6.45, 7) is -0.989. The van der Waals surface area contributed by atoms with E-state index in [0.29, 0.717) is 17.5 Å². The van der Waals surface area contributed by atoms with Crippen molar-refractivity contribution in [1.82, 2.24) is 0 Å². The van der Waals surface area contributed by atoms with Crippen molar-refractivity contribution >= 4 is 0 Å². The highest BCUT2D eigenvalue weighted by molar-refractivity contribution is 5.53. The summed E-state index contributed by atoms with van der Waals surface area (Å²) in [5.41, 5.74) is 1.37. The van der Waals surface area contributed by atoms with Crippen molar-refractivity contribution < 1.29 is 64.2 Å². The van der Waals surface area contributed by atoms with Crippen LogP contribution < -0.4 is 18.9 Å². The molecule has 1 aliphatic heterocycles. The van der Waals surface area contributed by atoms with Crippen LogP contribution in [-0.2, 0) is 22.3 Å². The van der Waals surface area contributed by atoms with Crippen LogP contribution in [0.3, 0.4) is 0 Å². The van der Waals surface area contributed by atoms with Crippen LogP contribution in [0.1, 0.15) is 11.1 Å². The molecule has 13 heteroatoms. The maximum absolute atomic E-state index is 10.5. The molecule has 1 aliphatic rings. The van der Waals surface area contributed by atoms with Gasteiger partial charge in [-0.05, 0) is 60.1 Å². The minimum absolute atomic E-state index is 0.0915. The Hall–Kier alpha value is -3.04. The lowest BCUT2D eigenvalue weighted by Crippen LogP contribution is -2.59. The summed E-state index contributed by atoms with van der Waals surface area (Å²) in [6.07, 6.45) is -6.69. The number of phenolic OH excluding ortho intramolecular Hbond substituents is 2. The second-order valence-corrected chi connectivity index (χ2v) is 9.84. The normalized spacial score (nSPS) is 24.0. The van der Waals surface area contributed by atoms with Crippen LogP contribution >= 0.6 is 0 Å². The number of benzene rings is 2. The monoisotopic (exact) mass is 584 g/mol. The van der Waals surface area contributed by atoms with E-state index in [1.54, 1.807) is 24.3 Å². The van der Waals surface area contributed by atoms with Gasteiger partial charge in [0.2, 0.25) is 11.5 Å². The van der Waals surface area contributed by atoms with E-state index in [1.165, 1.54) is 28.4 Å². The highest BCUT2D eigenvalue weighted by Gasteiger charge is 2.44. The molecule has 1 fully saturated rings. The molecule has 0 aromatic heterocycles. The number of aliphatic hydroxyl groups is 5. The lowest BCUT2D eigenvalue weighted by molar-refractivity contribution is -0.304. The Morgan fingerprint density at radius 2 is 1.12 bits per heavy atom. The fourth-order valence-corrected chi connectivity index (χ4v) is 4.90. The summed E-state index contributed by atoms with van der Waals surface area (Å²) >= 11 is 0. The van der Waals surface area contributed by atoms with E-state index in [4.69, 9.17) is 28.4 Å². The van der Waals surface area contributed by atoms with Crippen LogP contribution in [0.2, 0.25) is 0 Å². The first kappa shape index (κ1) is 32.5. The van der Waals surface area contributed by atoms with Crippen LogP contribution in [0.15, 0.2) is 24.3 Å². The Kier molecular flexibility index (Phi) is 11.7. The molecule has 0 radical (unpaired) electrons. The summed E-state index contributed by atoms with van der Waals surface area (Å²) in [5.74, 6) is -0.513. The number of rotatable bonds is 14. The van der Waals surface area contributed by atoms with E-state index in [-0.39, 0.29) is 54.1 Å².